The maximum atomic E-state index is 8.98. The van der Waals surface area contributed by atoms with Crippen LogP contribution in [0.1, 0.15) is 27.2 Å². The summed E-state index contributed by atoms with van der Waals surface area (Å²) in [6, 6.07) is 0.815. The van der Waals surface area contributed by atoms with E-state index in [-0.39, 0.29) is 12.6 Å². The molecule has 1 heterocycles. The highest BCUT2D eigenvalue weighted by atomic mass is 16.3. The molecule has 0 spiro atoms. The van der Waals surface area contributed by atoms with Crippen molar-refractivity contribution >= 4 is 0 Å². The van der Waals surface area contributed by atoms with Crippen LogP contribution in [0.2, 0.25) is 0 Å². The Labute approximate surface area is 87.5 Å². The smallest absolute Gasteiger partial charge is 0.0582 e. The van der Waals surface area contributed by atoms with Gasteiger partial charge >= 0.3 is 0 Å². The predicted octanol–water partition coefficient (Wildman–Crippen LogP) is 0.687. The van der Waals surface area contributed by atoms with Crippen LogP contribution in [0.5, 0.6) is 0 Å². The van der Waals surface area contributed by atoms with Gasteiger partial charge < -0.3 is 15.3 Å². The molecule has 1 aliphatic heterocycles. The van der Waals surface area contributed by atoms with E-state index in [2.05, 4.69) is 24.1 Å². The fraction of sp³-hybridized carbons (Fsp3) is 1.00. The van der Waals surface area contributed by atoms with Crippen molar-refractivity contribution in [1.29, 1.82) is 0 Å². The second-order valence-electron chi connectivity index (χ2n) is 4.52. The fourth-order valence-corrected chi connectivity index (χ4v) is 2.18. The summed E-state index contributed by atoms with van der Waals surface area (Å²) in [4.78, 5) is 2.49. The first-order valence-corrected chi connectivity index (χ1v) is 5.76. The van der Waals surface area contributed by atoms with Crippen LogP contribution >= 0.6 is 0 Å². The SMILES string of the molecule is CCN1CCC(N[C@H](C)CO)C(C)C1. The van der Waals surface area contributed by atoms with Crippen molar-refractivity contribution in [2.75, 3.05) is 26.2 Å². The Balaban J connectivity index is 2.34. The summed E-state index contributed by atoms with van der Waals surface area (Å²) in [5.74, 6) is 0.692. The van der Waals surface area contributed by atoms with Gasteiger partial charge in [0.2, 0.25) is 0 Å². The number of aliphatic hydroxyl groups is 1. The van der Waals surface area contributed by atoms with Gasteiger partial charge in [0, 0.05) is 18.6 Å². The van der Waals surface area contributed by atoms with Crippen molar-refractivity contribution < 1.29 is 5.11 Å². The summed E-state index contributed by atoms with van der Waals surface area (Å²) in [6.45, 7) is 10.3. The van der Waals surface area contributed by atoms with Crippen molar-refractivity contribution in [3.05, 3.63) is 0 Å². The van der Waals surface area contributed by atoms with E-state index in [4.69, 9.17) is 5.11 Å². The van der Waals surface area contributed by atoms with Gasteiger partial charge in [0.1, 0.15) is 0 Å². The van der Waals surface area contributed by atoms with Crippen molar-refractivity contribution in [1.82, 2.24) is 10.2 Å². The lowest BCUT2D eigenvalue weighted by Crippen LogP contribution is -2.51. The molecule has 1 aliphatic rings. The number of nitrogens with zero attached hydrogens (tertiary/aromatic N) is 1. The van der Waals surface area contributed by atoms with Crippen molar-refractivity contribution in [2.45, 2.75) is 39.3 Å². The fourth-order valence-electron chi connectivity index (χ4n) is 2.18. The molecule has 1 rings (SSSR count). The number of hydrogen-bond donors (Lipinski definition) is 2. The highest BCUT2D eigenvalue weighted by molar-refractivity contribution is 4.83. The maximum Gasteiger partial charge on any atom is 0.0582 e. The Kier molecular flexibility index (Phi) is 4.85. The number of aliphatic hydroxyl groups excluding tert-OH is 1. The van der Waals surface area contributed by atoms with Crippen LogP contribution in [0.15, 0.2) is 0 Å². The van der Waals surface area contributed by atoms with E-state index in [0.717, 1.165) is 6.54 Å². The maximum absolute atomic E-state index is 8.98. The van der Waals surface area contributed by atoms with Crippen LogP contribution in [0.25, 0.3) is 0 Å². The summed E-state index contributed by atoms with van der Waals surface area (Å²) in [5, 5.41) is 12.5. The van der Waals surface area contributed by atoms with Gasteiger partial charge in [0.05, 0.1) is 6.61 Å². The van der Waals surface area contributed by atoms with Gasteiger partial charge in [-0.25, -0.2) is 0 Å². The summed E-state index contributed by atoms with van der Waals surface area (Å²) in [7, 11) is 0. The monoisotopic (exact) mass is 200 g/mol. The molecule has 0 aromatic carbocycles. The van der Waals surface area contributed by atoms with Crippen molar-refractivity contribution in [3.8, 4) is 0 Å². The van der Waals surface area contributed by atoms with E-state index < -0.39 is 0 Å². The van der Waals surface area contributed by atoms with Gasteiger partial charge in [-0.3, -0.25) is 0 Å². The number of hydrogen-bond acceptors (Lipinski definition) is 3. The second kappa shape index (κ2) is 5.69. The van der Waals surface area contributed by atoms with Crippen LogP contribution in [0.3, 0.4) is 0 Å². The molecule has 3 heteroatoms. The molecule has 0 aromatic rings. The molecule has 3 nitrogen and oxygen atoms in total. The molecule has 2 unspecified atom stereocenters. The Morgan fingerprint density at radius 2 is 2.29 bits per heavy atom. The molecule has 0 radical (unpaired) electrons. The van der Waals surface area contributed by atoms with Crippen LogP contribution in [0, 0.1) is 5.92 Å². The van der Waals surface area contributed by atoms with Gasteiger partial charge in [-0.1, -0.05) is 13.8 Å². The van der Waals surface area contributed by atoms with E-state index in [1.165, 1.54) is 19.5 Å². The predicted molar refractivity (Wildman–Crippen MR) is 59.4 cm³/mol. The molecule has 14 heavy (non-hydrogen) atoms. The molecule has 1 fully saturated rings. The quantitative estimate of drug-likeness (QED) is 0.701. The zero-order chi connectivity index (χ0) is 10.6. The molecule has 0 aliphatic carbocycles. The molecule has 0 saturated carbocycles. The normalized spacial score (nSPS) is 31.7. The summed E-state index contributed by atoms with van der Waals surface area (Å²) in [6.07, 6.45) is 1.21. The average Bonchev–Trinajstić information content (AvgIpc) is 2.20. The number of rotatable bonds is 4. The number of likely N-dealkylation sites (tertiary alicyclic amines) is 1. The average molecular weight is 200 g/mol. The lowest BCUT2D eigenvalue weighted by molar-refractivity contribution is 0.136. The summed E-state index contributed by atoms with van der Waals surface area (Å²) in [5.41, 5.74) is 0. The zero-order valence-electron chi connectivity index (χ0n) is 9.66. The number of nitrogens with one attached hydrogen (secondary N) is 1. The third-order valence-electron chi connectivity index (χ3n) is 3.21. The summed E-state index contributed by atoms with van der Waals surface area (Å²) >= 11 is 0. The Morgan fingerprint density at radius 1 is 1.57 bits per heavy atom. The molecule has 84 valence electrons. The van der Waals surface area contributed by atoms with Crippen LogP contribution < -0.4 is 5.32 Å². The van der Waals surface area contributed by atoms with Gasteiger partial charge in [-0.15, -0.1) is 0 Å². The lowest BCUT2D eigenvalue weighted by atomic mass is 9.93. The van der Waals surface area contributed by atoms with E-state index in [1.807, 2.05) is 6.92 Å². The van der Waals surface area contributed by atoms with Gasteiger partial charge in [0.15, 0.2) is 0 Å². The molecular weight excluding hydrogens is 176 g/mol. The minimum absolute atomic E-state index is 0.232. The van der Waals surface area contributed by atoms with E-state index >= 15 is 0 Å². The summed E-state index contributed by atoms with van der Waals surface area (Å²) < 4.78 is 0. The second-order valence-corrected chi connectivity index (χ2v) is 4.52. The molecule has 0 bridgehead atoms. The van der Waals surface area contributed by atoms with E-state index in [1.54, 1.807) is 0 Å². The third-order valence-corrected chi connectivity index (χ3v) is 3.21. The first kappa shape index (κ1) is 12.0. The topological polar surface area (TPSA) is 35.5 Å². The highest BCUT2D eigenvalue weighted by Gasteiger charge is 2.25. The largest absolute Gasteiger partial charge is 0.395 e. The van der Waals surface area contributed by atoms with Gasteiger partial charge in [0.25, 0.3) is 0 Å². The minimum atomic E-state index is 0.232. The Hall–Kier alpha value is -0.120. The molecule has 0 amide bonds. The Morgan fingerprint density at radius 3 is 2.79 bits per heavy atom. The molecule has 2 N–H and O–H groups in total. The molecular formula is C11H24N2O. The highest BCUT2D eigenvalue weighted by Crippen LogP contribution is 2.16. The lowest BCUT2D eigenvalue weighted by Gasteiger charge is -2.38. The minimum Gasteiger partial charge on any atom is -0.395 e. The molecule has 0 aromatic heterocycles. The van der Waals surface area contributed by atoms with Gasteiger partial charge in [-0.05, 0) is 32.4 Å². The molecule has 1 saturated heterocycles. The third kappa shape index (κ3) is 3.23. The standard InChI is InChI=1S/C11H24N2O/c1-4-13-6-5-11(9(2)7-13)12-10(3)8-14/h9-12,14H,4-8H2,1-3H3/t9?,10-,11?/m1/s1. The molecule has 3 atom stereocenters. The van der Waals surface area contributed by atoms with Crippen molar-refractivity contribution in [3.63, 3.8) is 0 Å². The number of piperidine rings is 1. The van der Waals surface area contributed by atoms with E-state index in [9.17, 15) is 0 Å². The van der Waals surface area contributed by atoms with Crippen LogP contribution in [0.4, 0.5) is 0 Å². The first-order chi connectivity index (χ1) is 6.67. The van der Waals surface area contributed by atoms with Gasteiger partial charge in [-0.2, -0.15) is 0 Å². The Bertz CT molecular complexity index is 163. The van der Waals surface area contributed by atoms with Crippen LogP contribution in [-0.2, 0) is 0 Å². The van der Waals surface area contributed by atoms with Crippen molar-refractivity contribution in [2.24, 2.45) is 5.92 Å². The van der Waals surface area contributed by atoms with Crippen LogP contribution in [-0.4, -0.2) is 48.3 Å². The van der Waals surface area contributed by atoms with E-state index in [0.29, 0.717) is 12.0 Å². The zero-order valence-corrected chi connectivity index (χ0v) is 9.66. The first-order valence-electron chi connectivity index (χ1n) is 5.76.